The van der Waals surface area contributed by atoms with Crippen LogP contribution in [-0.4, -0.2) is 74.8 Å². The summed E-state index contributed by atoms with van der Waals surface area (Å²) in [6.07, 6.45) is 0.820. The minimum atomic E-state index is -0.111. The molecule has 0 spiro atoms. The first-order chi connectivity index (χ1) is 12.2. The number of ether oxygens (including phenoxy) is 2. The molecule has 2 aliphatic heterocycles. The summed E-state index contributed by atoms with van der Waals surface area (Å²) in [5.41, 5.74) is 1.08. The Morgan fingerprint density at radius 1 is 1.32 bits per heavy atom. The van der Waals surface area contributed by atoms with Crippen molar-refractivity contribution in [2.75, 3.05) is 53.0 Å². The van der Waals surface area contributed by atoms with Crippen LogP contribution < -0.4 is 10.1 Å². The van der Waals surface area contributed by atoms with Gasteiger partial charge in [-0.1, -0.05) is 18.2 Å². The van der Waals surface area contributed by atoms with Crippen molar-refractivity contribution in [3.63, 3.8) is 0 Å². The van der Waals surface area contributed by atoms with Crippen LogP contribution in [0.15, 0.2) is 24.3 Å². The van der Waals surface area contributed by atoms with Gasteiger partial charge < -0.3 is 14.8 Å². The molecule has 0 radical (unpaired) electrons. The van der Waals surface area contributed by atoms with Crippen LogP contribution in [0, 0.1) is 0 Å². The van der Waals surface area contributed by atoms with Crippen molar-refractivity contribution in [1.82, 2.24) is 15.1 Å². The van der Waals surface area contributed by atoms with Crippen LogP contribution in [0.1, 0.15) is 24.9 Å². The summed E-state index contributed by atoms with van der Waals surface area (Å²) in [4.78, 5) is 17.4. The fourth-order valence-corrected chi connectivity index (χ4v) is 3.54. The van der Waals surface area contributed by atoms with Crippen molar-refractivity contribution in [2.45, 2.75) is 25.4 Å². The summed E-state index contributed by atoms with van der Waals surface area (Å²) in [5.74, 6) is 0.991. The molecule has 2 aliphatic rings. The predicted molar refractivity (Wildman–Crippen MR) is 96.8 cm³/mol. The number of carbonyl (C=O) groups is 1. The first kappa shape index (κ1) is 18.2. The molecule has 1 N–H and O–H groups in total. The maximum Gasteiger partial charge on any atom is 0.237 e. The Bertz CT molecular complexity index is 573. The lowest BCUT2D eigenvalue weighted by Crippen LogP contribution is -2.54. The van der Waals surface area contributed by atoms with Crippen LogP contribution in [-0.2, 0) is 9.53 Å². The van der Waals surface area contributed by atoms with Gasteiger partial charge >= 0.3 is 0 Å². The largest absolute Gasteiger partial charge is 0.493 e. The minimum absolute atomic E-state index is 0.0443. The third kappa shape index (κ3) is 4.51. The van der Waals surface area contributed by atoms with E-state index >= 15 is 0 Å². The summed E-state index contributed by atoms with van der Waals surface area (Å²) in [5, 5.41) is 3.22. The number of amides is 1. The second-order valence-corrected chi connectivity index (χ2v) is 6.78. The van der Waals surface area contributed by atoms with Gasteiger partial charge in [0.25, 0.3) is 0 Å². The Labute approximate surface area is 150 Å². The van der Waals surface area contributed by atoms with Crippen LogP contribution >= 0.6 is 0 Å². The van der Waals surface area contributed by atoms with Gasteiger partial charge in [0.2, 0.25) is 5.91 Å². The fourth-order valence-electron chi connectivity index (χ4n) is 3.54. The van der Waals surface area contributed by atoms with E-state index in [0.29, 0.717) is 6.61 Å². The first-order valence-corrected chi connectivity index (χ1v) is 9.16. The van der Waals surface area contributed by atoms with E-state index in [4.69, 9.17) is 9.47 Å². The first-order valence-electron chi connectivity index (χ1n) is 9.16. The van der Waals surface area contributed by atoms with Crippen molar-refractivity contribution < 1.29 is 14.3 Å². The van der Waals surface area contributed by atoms with E-state index in [1.54, 1.807) is 7.11 Å². The van der Waals surface area contributed by atoms with Gasteiger partial charge in [-0.3, -0.25) is 14.6 Å². The standard InChI is InChI=1S/C19H29N3O3/c1-15(22-10-8-21(9-11-22)12-14-24-2)19(23)20-17-7-13-25-18-6-4-3-5-16(17)18/h3-6,15,17H,7-14H2,1-2H3,(H,20,23)/t15-,17+/m0/s1. The van der Waals surface area contributed by atoms with Gasteiger partial charge in [0.15, 0.2) is 0 Å². The van der Waals surface area contributed by atoms with Gasteiger partial charge in [-0.15, -0.1) is 0 Å². The summed E-state index contributed by atoms with van der Waals surface area (Å²) in [6.45, 7) is 8.19. The Morgan fingerprint density at radius 3 is 2.84 bits per heavy atom. The Hall–Kier alpha value is -1.63. The van der Waals surface area contributed by atoms with E-state index in [9.17, 15) is 4.79 Å². The highest BCUT2D eigenvalue weighted by Gasteiger charge is 2.29. The number of carbonyl (C=O) groups excluding carboxylic acids is 1. The zero-order valence-electron chi connectivity index (χ0n) is 15.2. The second kappa shape index (κ2) is 8.65. The maximum absolute atomic E-state index is 12.7. The van der Waals surface area contributed by atoms with E-state index in [1.165, 1.54) is 0 Å². The molecule has 1 aromatic carbocycles. The van der Waals surface area contributed by atoms with E-state index in [2.05, 4.69) is 15.1 Å². The minimum Gasteiger partial charge on any atom is -0.493 e. The number of fused-ring (bicyclic) bond motifs is 1. The number of methoxy groups -OCH3 is 1. The molecule has 3 rings (SSSR count). The highest BCUT2D eigenvalue weighted by atomic mass is 16.5. The molecular formula is C19H29N3O3. The topological polar surface area (TPSA) is 54.0 Å². The van der Waals surface area contributed by atoms with Crippen molar-refractivity contribution in [3.8, 4) is 5.75 Å². The van der Waals surface area contributed by atoms with Crippen LogP contribution in [0.2, 0.25) is 0 Å². The van der Waals surface area contributed by atoms with Gasteiger partial charge in [-0.2, -0.15) is 0 Å². The van der Waals surface area contributed by atoms with E-state index < -0.39 is 0 Å². The number of nitrogens with one attached hydrogen (secondary N) is 1. The van der Waals surface area contributed by atoms with Crippen molar-refractivity contribution >= 4 is 5.91 Å². The average Bonchev–Trinajstić information content (AvgIpc) is 2.66. The molecule has 1 aromatic rings. The number of hydrogen-bond acceptors (Lipinski definition) is 5. The molecule has 1 fully saturated rings. The summed E-state index contributed by atoms with van der Waals surface area (Å²) in [7, 11) is 1.73. The Kier molecular flexibility index (Phi) is 6.29. The third-order valence-electron chi connectivity index (χ3n) is 5.22. The highest BCUT2D eigenvalue weighted by molar-refractivity contribution is 5.82. The van der Waals surface area contributed by atoms with Gasteiger partial charge in [0.1, 0.15) is 5.75 Å². The molecule has 1 amide bonds. The fraction of sp³-hybridized carbons (Fsp3) is 0.632. The molecule has 6 nitrogen and oxygen atoms in total. The monoisotopic (exact) mass is 347 g/mol. The SMILES string of the molecule is COCCN1CCN([C@@H](C)C(=O)N[C@@H]2CCOc3ccccc32)CC1. The smallest absolute Gasteiger partial charge is 0.237 e. The Balaban J connectivity index is 1.52. The highest BCUT2D eigenvalue weighted by Crippen LogP contribution is 2.31. The molecular weight excluding hydrogens is 318 g/mol. The average molecular weight is 347 g/mol. The molecule has 6 heteroatoms. The van der Waals surface area contributed by atoms with E-state index in [0.717, 1.165) is 57.1 Å². The number of hydrogen-bond donors (Lipinski definition) is 1. The lowest BCUT2D eigenvalue weighted by atomic mass is 10.00. The van der Waals surface area contributed by atoms with Gasteiger partial charge in [0, 0.05) is 51.8 Å². The number of rotatable bonds is 6. The summed E-state index contributed by atoms with van der Waals surface area (Å²) < 4.78 is 10.8. The second-order valence-electron chi connectivity index (χ2n) is 6.78. The lowest BCUT2D eigenvalue weighted by molar-refractivity contribution is -0.127. The lowest BCUT2D eigenvalue weighted by Gasteiger charge is -2.38. The maximum atomic E-state index is 12.7. The molecule has 138 valence electrons. The molecule has 25 heavy (non-hydrogen) atoms. The normalized spacial score (nSPS) is 22.7. The summed E-state index contributed by atoms with van der Waals surface area (Å²) in [6, 6.07) is 7.90. The van der Waals surface area contributed by atoms with Crippen molar-refractivity contribution in [2.24, 2.45) is 0 Å². The van der Waals surface area contributed by atoms with Gasteiger partial charge in [0.05, 0.1) is 25.3 Å². The molecule has 0 aromatic heterocycles. The molecule has 0 unspecified atom stereocenters. The number of nitrogens with zero attached hydrogens (tertiary/aromatic N) is 2. The zero-order chi connectivity index (χ0) is 17.6. The van der Waals surface area contributed by atoms with Crippen LogP contribution in [0.5, 0.6) is 5.75 Å². The molecule has 0 aliphatic carbocycles. The van der Waals surface area contributed by atoms with Crippen molar-refractivity contribution in [3.05, 3.63) is 29.8 Å². The predicted octanol–water partition coefficient (Wildman–Crippen LogP) is 1.28. The van der Waals surface area contributed by atoms with Gasteiger partial charge in [-0.25, -0.2) is 0 Å². The third-order valence-corrected chi connectivity index (χ3v) is 5.22. The molecule has 1 saturated heterocycles. The number of para-hydroxylation sites is 1. The number of piperazine rings is 1. The Morgan fingerprint density at radius 2 is 2.08 bits per heavy atom. The van der Waals surface area contributed by atoms with Crippen LogP contribution in [0.3, 0.4) is 0 Å². The van der Waals surface area contributed by atoms with Crippen molar-refractivity contribution in [1.29, 1.82) is 0 Å². The number of benzene rings is 1. The van der Waals surface area contributed by atoms with Crippen LogP contribution in [0.25, 0.3) is 0 Å². The van der Waals surface area contributed by atoms with E-state index in [-0.39, 0.29) is 18.0 Å². The van der Waals surface area contributed by atoms with Gasteiger partial charge in [-0.05, 0) is 13.0 Å². The molecule has 0 saturated carbocycles. The molecule has 0 bridgehead atoms. The molecule has 2 heterocycles. The summed E-state index contributed by atoms with van der Waals surface area (Å²) >= 11 is 0. The zero-order valence-corrected chi connectivity index (χ0v) is 15.2. The van der Waals surface area contributed by atoms with E-state index in [1.807, 2.05) is 31.2 Å². The van der Waals surface area contributed by atoms with Crippen LogP contribution in [0.4, 0.5) is 0 Å². The quantitative estimate of drug-likeness (QED) is 0.840. The molecule has 2 atom stereocenters.